The molecule has 0 radical (unpaired) electrons. The average Bonchev–Trinajstić information content (AvgIpc) is 3.28. The zero-order valence-corrected chi connectivity index (χ0v) is 13.2. The third-order valence-electron chi connectivity index (χ3n) is 3.45. The van der Waals surface area contributed by atoms with Gasteiger partial charge in [0.1, 0.15) is 17.5 Å². The first-order chi connectivity index (χ1) is 9.67. The van der Waals surface area contributed by atoms with E-state index < -0.39 is 0 Å². The molecule has 1 aliphatic rings. The second-order valence-corrected chi connectivity index (χ2v) is 5.98. The van der Waals surface area contributed by atoms with Gasteiger partial charge in [0.15, 0.2) is 0 Å². The number of hydrogen-bond donors (Lipinski definition) is 2. The van der Waals surface area contributed by atoms with E-state index in [9.17, 15) is 0 Å². The summed E-state index contributed by atoms with van der Waals surface area (Å²) in [4.78, 5) is 9.29. The Bertz CT molecular complexity index is 621. The minimum Gasteiger partial charge on any atom is -0.373 e. The van der Waals surface area contributed by atoms with Crippen molar-refractivity contribution in [2.75, 3.05) is 17.7 Å². The largest absolute Gasteiger partial charge is 0.373 e. The van der Waals surface area contributed by atoms with Gasteiger partial charge in [0.25, 0.3) is 0 Å². The van der Waals surface area contributed by atoms with Crippen molar-refractivity contribution in [2.45, 2.75) is 25.7 Å². The minimum absolute atomic E-state index is 0.535. The number of benzene rings is 1. The fraction of sp³-hybridized carbons (Fsp3) is 0.333. The second kappa shape index (κ2) is 5.40. The van der Waals surface area contributed by atoms with Gasteiger partial charge in [-0.1, -0.05) is 15.9 Å². The molecule has 4 nitrogen and oxygen atoms in total. The van der Waals surface area contributed by atoms with Crippen molar-refractivity contribution >= 4 is 33.3 Å². The van der Waals surface area contributed by atoms with E-state index in [4.69, 9.17) is 0 Å². The van der Waals surface area contributed by atoms with E-state index in [0.717, 1.165) is 33.2 Å². The highest BCUT2D eigenvalue weighted by Crippen LogP contribution is 2.39. The number of anilines is 3. The van der Waals surface area contributed by atoms with Crippen molar-refractivity contribution in [3.05, 3.63) is 40.1 Å². The van der Waals surface area contributed by atoms with E-state index in [2.05, 4.69) is 36.5 Å². The lowest BCUT2D eigenvalue weighted by molar-refractivity contribution is 0.924. The van der Waals surface area contributed by atoms with Crippen LogP contribution in [-0.2, 0) is 0 Å². The molecule has 5 heteroatoms. The van der Waals surface area contributed by atoms with Crippen LogP contribution in [0.1, 0.15) is 30.1 Å². The summed E-state index contributed by atoms with van der Waals surface area (Å²) in [6.45, 7) is 2.03. The van der Waals surface area contributed by atoms with Gasteiger partial charge in [-0.25, -0.2) is 9.97 Å². The Balaban J connectivity index is 1.94. The van der Waals surface area contributed by atoms with Crippen LogP contribution in [0.5, 0.6) is 0 Å². The van der Waals surface area contributed by atoms with Crippen LogP contribution in [0.25, 0.3) is 0 Å². The van der Waals surface area contributed by atoms with Crippen molar-refractivity contribution in [3.8, 4) is 0 Å². The number of halogens is 1. The summed E-state index contributed by atoms with van der Waals surface area (Å²) >= 11 is 3.44. The summed E-state index contributed by atoms with van der Waals surface area (Å²) in [7, 11) is 1.90. The smallest absolute Gasteiger partial charge is 0.139 e. The lowest BCUT2D eigenvalue weighted by Crippen LogP contribution is -2.06. The molecule has 1 heterocycles. The van der Waals surface area contributed by atoms with E-state index >= 15 is 0 Å². The first-order valence-electron chi connectivity index (χ1n) is 6.76. The highest BCUT2D eigenvalue weighted by atomic mass is 79.9. The van der Waals surface area contributed by atoms with Crippen molar-refractivity contribution in [1.82, 2.24) is 9.97 Å². The van der Waals surface area contributed by atoms with Crippen molar-refractivity contribution in [2.24, 2.45) is 0 Å². The van der Waals surface area contributed by atoms with Crippen LogP contribution in [0.2, 0.25) is 0 Å². The Kier molecular flexibility index (Phi) is 3.61. The maximum atomic E-state index is 4.69. The Morgan fingerprint density at radius 1 is 1.10 bits per heavy atom. The highest BCUT2D eigenvalue weighted by molar-refractivity contribution is 9.10. The fourth-order valence-electron chi connectivity index (χ4n) is 2.09. The summed E-state index contributed by atoms with van der Waals surface area (Å²) in [6.07, 6.45) is 2.40. The molecule has 1 fully saturated rings. The zero-order valence-electron chi connectivity index (χ0n) is 11.6. The van der Waals surface area contributed by atoms with Crippen LogP contribution in [-0.4, -0.2) is 17.0 Å². The molecule has 0 spiro atoms. The van der Waals surface area contributed by atoms with Gasteiger partial charge in [-0.2, -0.15) is 0 Å². The Hall–Kier alpha value is -1.62. The number of rotatable bonds is 4. The van der Waals surface area contributed by atoms with Crippen LogP contribution in [0.4, 0.5) is 17.3 Å². The topological polar surface area (TPSA) is 49.8 Å². The molecule has 0 unspecified atom stereocenters. The Morgan fingerprint density at radius 2 is 1.75 bits per heavy atom. The van der Waals surface area contributed by atoms with Crippen molar-refractivity contribution in [1.29, 1.82) is 0 Å². The maximum absolute atomic E-state index is 4.69. The summed E-state index contributed by atoms with van der Waals surface area (Å²) in [6, 6.07) is 8.09. The third kappa shape index (κ3) is 2.77. The van der Waals surface area contributed by atoms with Gasteiger partial charge in [0, 0.05) is 28.7 Å². The number of nitrogens with one attached hydrogen (secondary N) is 2. The lowest BCUT2D eigenvalue weighted by Gasteiger charge is -2.13. The molecular formula is C15H17BrN4. The SMILES string of the molecule is CNc1nc(C2CC2)nc(Nc2ccc(Br)cc2)c1C. The molecule has 20 heavy (non-hydrogen) atoms. The molecule has 1 aromatic heterocycles. The molecule has 2 N–H and O–H groups in total. The van der Waals surface area contributed by atoms with Crippen LogP contribution >= 0.6 is 15.9 Å². The monoisotopic (exact) mass is 332 g/mol. The van der Waals surface area contributed by atoms with Gasteiger partial charge >= 0.3 is 0 Å². The molecular weight excluding hydrogens is 316 g/mol. The first-order valence-corrected chi connectivity index (χ1v) is 7.55. The lowest BCUT2D eigenvalue weighted by atomic mass is 10.2. The minimum atomic E-state index is 0.535. The number of aromatic nitrogens is 2. The standard InChI is InChI=1S/C15H17BrN4/c1-9-13(17-2)19-15(10-3-4-10)20-14(9)18-12-7-5-11(16)6-8-12/h5-8,10H,3-4H2,1-2H3,(H2,17,18,19,20). The predicted octanol–water partition coefficient (Wildman–Crippen LogP) is 4.21. The molecule has 2 aromatic rings. The van der Waals surface area contributed by atoms with Gasteiger partial charge in [0.2, 0.25) is 0 Å². The summed E-state index contributed by atoms with van der Waals surface area (Å²) in [5.41, 5.74) is 2.07. The van der Waals surface area contributed by atoms with Gasteiger partial charge in [-0.05, 0) is 44.0 Å². The maximum Gasteiger partial charge on any atom is 0.139 e. The van der Waals surface area contributed by atoms with Gasteiger partial charge in [-0.3, -0.25) is 0 Å². The normalized spacial score (nSPS) is 14.2. The van der Waals surface area contributed by atoms with Crippen LogP contribution in [0, 0.1) is 6.92 Å². The molecule has 0 atom stereocenters. The van der Waals surface area contributed by atoms with E-state index in [1.807, 2.05) is 38.2 Å². The molecule has 0 amide bonds. The second-order valence-electron chi connectivity index (χ2n) is 5.06. The number of hydrogen-bond acceptors (Lipinski definition) is 4. The summed E-state index contributed by atoms with van der Waals surface area (Å²) < 4.78 is 1.07. The summed E-state index contributed by atoms with van der Waals surface area (Å²) in [5.74, 6) is 3.27. The van der Waals surface area contributed by atoms with E-state index in [-0.39, 0.29) is 0 Å². The fourth-order valence-corrected chi connectivity index (χ4v) is 2.36. The van der Waals surface area contributed by atoms with Gasteiger partial charge < -0.3 is 10.6 Å². The van der Waals surface area contributed by atoms with E-state index in [1.165, 1.54) is 12.8 Å². The van der Waals surface area contributed by atoms with Gasteiger partial charge in [0.05, 0.1) is 0 Å². The first kappa shape index (κ1) is 13.4. The van der Waals surface area contributed by atoms with Crippen LogP contribution in [0.3, 0.4) is 0 Å². The molecule has 0 saturated heterocycles. The molecule has 1 aliphatic carbocycles. The van der Waals surface area contributed by atoms with E-state index in [1.54, 1.807) is 0 Å². The van der Waals surface area contributed by atoms with Crippen LogP contribution < -0.4 is 10.6 Å². The quantitative estimate of drug-likeness (QED) is 0.880. The van der Waals surface area contributed by atoms with Gasteiger partial charge in [-0.15, -0.1) is 0 Å². The van der Waals surface area contributed by atoms with E-state index in [0.29, 0.717) is 5.92 Å². The van der Waals surface area contributed by atoms with Crippen LogP contribution in [0.15, 0.2) is 28.7 Å². The molecule has 104 valence electrons. The molecule has 3 rings (SSSR count). The molecule has 0 bridgehead atoms. The summed E-state index contributed by atoms with van der Waals surface area (Å²) in [5, 5.41) is 6.54. The molecule has 1 aromatic carbocycles. The molecule has 1 saturated carbocycles. The average molecular weight is 333 g/mol. The highest BCUT2D eigenvalue weighted by Gasteiger charge is 2.28. The Labute approximate surface area is 127 Å². The Morgan fingerprint density at radius 3 is 2.35 bits per heavy atom. The van der Waals surface area contributed by atoms with Crippen molar-refractivity contribution < 1.29 is 0 Å². The molecule has 0 aliphatic heterocycles. The number of nitrogens with zero attached hydrogens (tertiary/aromatic N) is 2. The third-order valence-corrected chi connectivity index (χ3v) is 3.98. The zero-order chi connectivity index (χ0) is 14.1. The predicted molar refractivity (Wildman–Crippen MR) is 85.7 cm³/mol. The van der Waals surface area contributed by atoms with Crippen molar-refractivity contribution in [3.63, 3.8) is 0 Å².